The minimum absolute atomic E-state index is 0.0323. The maximum Gasteiger partial charge on any atom is 0.253 e. The van der Waals surface area contributed by atoms with Crippen LogP contribution in [0, 0.1) is 0 Å². The number of benzene rings is 2. The summed E-state index contributed by atoms with van der Waals surface area (Å²) < 4.78 is 5.84. The van der Waals surface area contributed by atoms with Crippen LogP contribution in [0.5, 0.6) is 0 Å². The Morgan fingerprint density at radius 3 is 2.41 bits per heavy atom. The van der Waals surface area contributed by atoms with Gasteiger partial charge in [-0.25, -0.2) is 0 Å². The van der Waals surface area contributed by atoms with Crippen LogP contribution in [0.25, 0.3) is 11.3 Å². The maximum absolute atomic E-state index is 12.5. The molecule has 1 N–H and O–H groups in total. The van der Waals surface area contributed by atoms with E-state index >= 15 is 0 Å². The number of hydrogen-bond acceptors (Lipinski definition) is 3. The van der Waals surface area contributed by atoms with E-state index in [1.807, 2.05) is 56.3 Å². The van der Waals surface area contributed by atoms with Gasteiger partial charge in [-0.1, -0.05) is 36.4 Å². The van der Waals surface area contributed by atoms with Crippen molar-refractivity contribution in [3.8, 4) is 11.3 Å². The summed E-state index contributed by atoms with van der Waals surface area (Å²) in [5, 5.41) is 2.87. The van der Waals surface area contributed by atoms with E-state index in [1.165, 1.54) is 0 Å². The van der Waals surface area contributed by atoms with Gasteiger partial charge in [0.2, 0.25) is 5.91 Å². The number of amides is 2. The van der Waals surface area contributed by atoms with Crippen molar-refractivity contribution in [2.45, 2.75) is 26.7 Å². The first-order valence-corrected chi connectivity index (χ1v) is 9.94. The Hall–Kier alpha value is -3.34. The lowest BCUT2D eigenvalue weighted by Gasteiger charge is -2.19. The minimum atomic E-state index is -0.116. The molecule has 29 heavy (non-hydrogen) atoms. The normalized spacial score (nSPS) is 10.6. The van der Waals surface area contributed by atoms with Crippen LogP contribution in [0.1, 0.15) is 36.4 Å². The van der Waals surface area contributed by atoms with Crippen LogP contribution < -0.4 is 5.32 Å². The monoisotopic (exact) mass is 390 g/mol. The summed E-state index contributed by atoms with van der Waals surface area (Å²) in [6.45, 7) is 5.20. The van der Waals surface area contributed by atoms with Crippen LogP contribution in [0.3, 0.4) is 0 Å². The first kappa shape index (κ1) is 20.4. The Morgan fingerprint density at radius 2 is 1.69 bits per heavy atom. The summed E-state index contributed by atoms with van der Waals surface area (Å²) in [7, 11) is 0. The van der Waals surface area contributed by atoms with Crippen molar-refractivity contribution in [3.05, 3.63) is 78.1 Å². The molecule has 2 amide bonds. The highest BCUT2D eigenvalue weighted by atomic mass is 16.3. The molecule has 0 aliphatic carbocycles. The summed E-state index contributed by atoms with van der Waals surface area (Å²) in [5.74, 6) is 1.42. The number of hydrogen-bond donors (Lipinski definition) is 1. The highest BCUT2D eigenvalue weighted by Gasteiger charge is 2.13. The fourth-order valence-electron chi connectivity index (χ4n) is 3.15. The molecule has 3 aromatic rings. The van der Waals surface area contributed by atoms with Gasteiger partial charge in [0, 0.05) is 42.7 Å². The third-order valence-electron chi connectivity index (χ3n) is 4.76. The third-order valence-corrected chi connectivity index (χ3v) is 4.76. The molecule has 0 saturated carbocycles. The molecule has 1 aromatic heterocycles. The largest absolute Gasteiger partial charge is 0.461 e. The lowest BCUT2D eigenvalue weighted by atomic mass is 10.1. The SMILES string of the molecule is CCN(CC)C(=O)c1cccc(NC(=O)CCc2ccc(-c3ccccc3)o2)c1. The van der Waals surface area contributed by atoms with Crippen LogP contribution in [-0.2, 0) is 11.2 Å². The molecule has 0 atom stereocenters. The fourth-order valence-corrected chi connectivity index (χ4v) is 3.15. The summed E-state index contributed by atoms with van der Waals surface area (Å²) in [4.78, 5) is 26.6. The van der Waals surface area contributed by atoms with Crippen molar-refractivity contribution in [2.24, 2.45) is 0 Å². The van der Waals surface area contributed by atoms with Crippen molar-refractivity contribution in [2.75, 3.05) is 18.4 Å². The van der Waals surface area contributed by atoms with E-state index in [1.54, 1.807) is 29.2 Å². The number of nitrogens with zero attached hydrogens (tertiary/aromatic N) is 1. The van der Waals surface area contributed by atoms with Gasteiger partial charge in [0.05, 0.1) is 0 Å². The first-order valence-electron chi connectivity index (χ1n) is 9.94. The number of anilines is 1. The van der Waals surface area contributed by atoms with Gasteiger partial charge in [-0.15, -0.1) is 0 Å². The highest BCUT2D eigenvalue weighted by molar-refractivity contribution is 5.97. The van der Waals surface area contributed by atoms with Gasteiger partial charge in [0.15, 0.2) is 0 Å². The fraction of sp³-hybridized carbons (Fsp3) is 0.250. The Bertz CT molecular complexity index is 959. The number of nitrogens with one attached hydrogen (secondary N) is 1. The molecular weight excluding hydrogens is 364 g/mol. The Morgan fingerprint density at radius 1 is 0.931 bits per heavy atom. The predicted octanol–water partition coefficient (Wildman–Crippen LogP) is 5.00. The second-order valence-electron chi connectivity index (χ2n) is 6.74. The summed E-state index contributed by atoms with van der Waals surface area (Å²) >= 11 is 0. The lowest BCUT2D eigenvalue weighted by molar-refractivity contribution is -0.116. The Kier molecular flexibility index (Phi) is 6.85. The number of carbonyl (C=O) groups excluding carboxylic acids is 2. The number of rotatable bonds is 8. The van der Waals surface area contributed by atoms with Crippen LogP contribution >= 0.6 is 0 Å². The average Bonchev–Trinajstić information content (AvgIpc) is 3.23. The van der Waals surface area contributed by atoms with Crippen molar-refractivity contribution in [1.82, 2.24) is 4.90 Å². The molecule has 0 aliphatic rings. The number of aryl methyl sites for hydroxylation is 1. The molecule has 1 heterocycles. The van der Waals surface area contributed by atoms with E-state index in [0.717, 1.165) is 17.1 Å². The van der Waals surface area contributed by atoms with E-state index in [2.05, 4.69) is 5.32 Å². The van der Waals surface area contributed by atoms with E-state index in [0.29, 0.717) is 37.2 Å². The Labute approximate surface area is 171 Å². The maximum atomic E-state index is 12.5. The second-order valence-corrected chi connectivity index (χ2v) is 6.74. The molecule has 0 saturated heterocycles. The standard InChI is InChI=1S/C24H26N2O3/c1-3-26(4-2)24(28)19-11-8-12-20(17-19)25-23(27)16-14-21-13-15-22(29-21)18-9-6-5-7-10-18/h5-13,15,17H,3-4,14,16H2,1-2H3,(H,25,27). The molecule has 0 unspecified atom stereocenters. The van der Waals surface area contributed by atoms with Crippen LogP contribution in [0.4, 0.5) is 5.69 Å². The van der Waals surface area contributed by atoms with Gasteiger partial charge < -0.3 is 14.6 Å². The molecule has 0 bridgehead atoms. The first-order chi connectivity index (χ1) is 14.1. The smallest absolute Gasteiger partial charge is 0.253 e. The van der Waals surface area contributed by atoms with E-state index in [9.17, 15) is 9.59 Å². The van der Waals surface area contributed by atoms with Crippen molar-refractivity contribution in [1.29, 1.82) is 0 Å². The third kappa shape index (κ3) is 5.35. The molecule has 150 valence electrons. The van der Waals surface area contributed by atoms with Gasteiger partial charge >= 0.3 is 0 Å². The molecule has 5 nitrogen and oxygen atoms in total. The summed E-state index contributed by atoms with van der Waals surface area (Å²) in [5.41, 5.74) is 2.21. The van der Waals surface area contributed by atoms with Crippen molar-refractivity contribution >= 4 is 17.5 Å². The molecule has 5 heteroatoms. The van der Waals surface area contributed by atoms with Gasteiger partial charge in [-0.05, 0) is 44.2 Å². The van der Waals surface area contributed by atoms with Crippen molar-refractivity contribution in [3.63, 3.8) is 0 Å². The van der Waals surface area contributed by atoms with Gasteiger partial charge in [0.25, 0.3) is 5.91 Å². The van der Waals surface area contributed by atoms with Gasteiger partial charge in [-0.3, -0.25) is 9.59 Å². The predicted molar refractivity (Wildman–Crippen MR) is 115 cm³/mol. The molecule has 0 radical (unpaired) electrons. The zero-order valence-corrected chi connectivity index (χ0v) is 16.9. The number of carbonyl (C=O) groups is 2. The molecule has 0 fully saturated rings. The Balaban J connectivity index is 1.57. The van der Waals surface area contributed by atoms with Gasteiger partial charge in [-0.2, -0.15) is 0 Å². The summed E-state index contributed by atoms with van der Waals surface area (Å²) in [6.07, 6.45) is 0.812. The second kappa shape index (κ2) is 9.73. The topological polar surface area (TPSA) is 62.6 Å². The quantitative estimate of drug-likeness (QED) is 0.589. The van der Waals surface area contributed by atoms with E-state index in [4.69, 9.17) is 4.42 Å². The molecular formula is C24H26N2O3. The average molecular weight is 390 g/mol. The minimum Gasteiger partial charge on any atom is -0.461 e. The molecule has 3 rings (SSSR count). The highest BCUT2D eigenvalue weighted by Crippen LogP contribution is 2.22. The lowest BCUT2D eigenvalue weighted by Crippen LogP contribution is -2.30. The summed E-state index contributed by atoms with van der Waals surface area (Å²) in [6, 6.07) is 20.7. The van der Waals surface area contributed by atoms with Crippen LogP contribution in [-0.4, -0.2) is 29.8 Å². The molecule has 2 aromatic carbocycles. The number of furan rings is 1. The zero-order valence-electron chi connectivity index (χ0n) is 16.9. The van der Waals surface area contributed by atoms with Gasteiger partial charge in [0.1, 0.15) is 11.5 Å². The van der Waals surface area contributed by atoms with Crippen LogP contribution in [0.15, 0.2) is 71.1 Å². The van der Waals surface area contributed by atoms with E-state index in [-0.39, 0.29) is 11.8 Å². The molecule has 0 aliphatic heterocycles. The molecule has 0 spiro atoms. The van der Waals surface area contributed by atoms with Crippen LogP contribution in [0.2, 0.25) is 0 Å². The van der Waals surface area contributed by atoms with Crippen molar-refractivity contribution < 1.29 is 14.0 Å². The van der Waals surface area contributed by atoms with E-state index < -0.39 is 0 Å². The zero-order chi connectivity index (χ0) is 20.6.